The molecule has 2 saturated heterocycles. The Morgan fingerprint density at radius 2 is 1.90 bits per heavy atom. The molecule has 2 bridgehead atoms. The summed E-state index contributed by atoms with van der Waals surface area (Å²) < 4.78 is 5.05. The van der Waals surface area contributed by atoms with E-state index in [0.29, 0.717) is 6.42 Å². The van der Waals surface area contributed by atoms with Crippen molar-refractivity contribution in [1.82, 2.24) is 4.90 Å². The number of methoxy groups -OCH3 is 1. The van der Waals surface area contributed by atoms with Crippen LogP contribution in [0.5, 0.6) is 0 Å². The molecule has 21 heavy (non-hydrogen) atoms. The number of aryl methyl sites for hydroxylation is 1. The van der Waals surface area contributed by atoms with Crippen molar-refractivity contribution in [1.29, 1.82) is 0 Å². The number of aliphatic hydroxyl groups excluding tert-OH is 1. The van der Waals surface area contributed by atoms with Crippen LogP contribution in [-0.4, -0.2) is 48.3 Å². The van der Waals surface area contributed by atoms with Crippen molar-refractivity contribution in [3.8, 4) is 0 Å². The van der Waals surface area contributed by atoms with E-state index in [0.717, 1.165) is 6.42 Å². The molecular formula is C17H23NO3. The number of carbonyl (C=O) groups excluding carboxylic acids is 1. The fourth-order valence-electron chi connectivity index (χ4n) is 4.10. The maximum atomic E-state index is 12.3. The highest BCUT2D eigenvalue weighted by atomic mass is 16.5. The number of esters is 1. The quantitative estimate of drug-likeness (QED) is 0.842. The smallest absolute Gasteiger partial charge is 0.310 e. The summed E-state index contributed by atoms with van der Waals surface area (Å²) in [7, 11) is 3.46. The SMILES string of the molecule is COC(=O)[C@H]1C2C[C@@H](O)C(C[C@H]1c1ccc(C)cc1)N2C. The molecule has 1 N–H and O–H groups in total. The van der Waals surface area contributed by atoms with E-state index in [9.17, 15) is 9.90 Å². The van der Waals surface area contributed by atoms with Gasteiger partial charge >= 0.3 is 5.97 Å². The third-order valence-corrected chi connectivity index (χ3v) is 5.30. The highest BCUT2D eigenvalue weighted by Gasteiger charge is 2.53. The average Bonchev–Trinajstić information content (AvgIpc) is 2.66. The van der Waals surface area contributed by atoms with Gasteiger partial charge in [-0.1, -0.05) is 29.8 Å². The number of hydrogen-bond donors (Lipinski definition) is 1. The van der Waals surface area contributed by atoms with E-state index >= 15 is 0 Å². The number of ether oxygens (including phenoxy) is 1. The van der Waals surface area contributed by atoms with Crippen LogP contribution in [0.1, 0.15) is 29.9 Å². The Kier molecular flexibility index (Phi) is 3.76. The molecule has 0 spiro atoms. The number of piperidine rings is 1. The van der Waals surface area contributed by atoms with Gasteiger partial charge in [-0.25, -0.2) is 0 Å². The van der Waals surface area contributed by atoms with Gasteiger partial charge in [0, 0.05) is 18.0 Å². The molecule has 1 aromatic carbocycles. The Hall–Kier alpha value is -1.39. The predicted octanol–water partition coefficient (Wildman–Crippen LogP) is 1.71. The summed E-state index contributed by atoms with van der Waals surface area (Å²) in [5.74, 6) is -0.234. The highest BCUT2D eigenvalue weighted by molar-refractivity contribution is 5.75. The molecule has 3 rings (SSSR count). The molecule has 1 aromatic rings. The summed E-state index contributed by atoms with van der Waals surface area (Å²) in [5, 5.41) is 10.3. The molecular weight excluding hydrogens is 266 g/mol. The number of hydrogen-bond acceptors (Lipinski definition) is 4. The molecule has 2 unspecified atom stereocenters. The third-order valence-electron chi connectivity index (χ3n) is 5.30. The van der Waals surface area contributed by atoms with Gasteiger partial charge in [0.15, 0.2) is 0 Å². The van der Waals surface area contributed by atoms with Crippen LogP contribution < -0.4 is 0 Å². The van der Waals surface area contributed by atoms with Crippen LogP contribution in [0.3, 0.4) is 0 Å². The molecule has 0 radical (unpaired) electrons. The van der Waals surface area contributed by atoms with Crippen LogP contribution in [0.25, 0.3) is 0 Å². The zero-order valence-electron chi connectivity index (χ0n) is 12.8. The van der Waals surface area contributed by atoms with Gasteiger partial charge in [-0.05, 0) is 32.4 Å². The van der Waals surface area contributed by atoms with Gasteiger partial charge in [0.1, 0.15) is 0 Å². The predicted molar refractivity (Wildman–Crippen MR) is 80.0 cm³/mol. The summed E-state index contributed by atoms with van der Waals surface area (Å²) in [4.78, 5) is 14.5. The van der Waals surface area contributed by atoms with Crippen molar-refractivity contribution in [3.05, 3.63) is 35.4 Å². The Balaban J connectivity index is 1.97. The molecule has 0 saturated carbocycles. The molecule has 2 aliphatic rings. The first kappa shape index (κ1) is 14.5. The van der Waals surface area contributed by atoms with Gasteiger partial charge in [-0.15, -0.1) is 0 Å². The van der Waals surface area contributed by atoms with Crippen LogP contribution in [-0.2, 0) is 9.53 Å². The molecule has 0 aliphatic carbocycles. The zero-order valence-corrected chi connectivity index (χ0v) is 12.8. The summed E-state index contributed by atoms with van der Waals surface area (Å²) in [6.45, 7) is 2.06. The van der Waals surface area contributed by atoms with Gasteiger partial charge in [-0.2, -0.15) is 0 Å². The Labute approximate surface area is 125 Å². The van der Waals surface area contributed by atoms with Crippen molar-refractivity contribution in [2.75, 3.05) is 14.2 Å². The van der Waals surface area contributed by atoms with Crippen LogP contribution >= 0.6 is 0 Å². The number of carbonyl (C=O) groups is 1. The van der Waals surface area contributed by atoms with Crippen LogP contribution in [0.2, 0.25) is 0 Å². The van der Waals surface area contributed by atoms with E-state index in [1.54, 1.807) is 0 Å². The monoisotopic (exact) mass is 289 g/mol. The number of benzene rings is 1. The van der Waals surface area contributed by atoms with Crippen LogP contribution in [0.15, 0.2) is 24.3 Å². The Morgan fingerprint density at radius 1 is 1.24 bits per heavy atom. The minimum atomic E-state index is -0.345. The Bertz CT molecular complexity index is 527. The summed E-state index contributed by atoms with van der Waals surface area (Å²) in [6.07, 6.45) is 1.11. The van der Waals surface area contributed by atoms with E-state index < -0.39 is 0 Å². The highest BCUT2D eigenvalue weighted by Crippen LogP contribution is 2.46. The fourth-order valence-corrected chi connectivity index (χ4v) is 4.10. The van der Waals surface area contributed by atoms with Gasteiger partial charge in [0.2, 0.25) is 0 Å². The maximum absolute atomic E-state index is 12.3. The summed E-state index contributed by atoms with van der Waals surface area (Å²) in [6, 6.07) is 8.58. The second-order valence-corrected chi connectivity index (χ2v) is 6.41. The molecule has 5 atom stereocenters. The third kappa shape index (κ3) is 2.36. The number of rotatable bonds is 2. The standard InChI is InChI=1S/C17H23NO3/c1-10-4-6-11(7-5-10)12-8-13-15(19)9-14(18(13)2)16(12)17(20)21-3/h4-7,12-16,19H,8-9H2,1-3H3/t12-,13?,14?,15+,16+/m0/s1. The first-order chi connectivity index (χ1) is 10.0. The van der Waals surface area contributed by atoms with Crippen LogP contribution in [0.4, 0.5) is 0 Å². The number of aliphatic hydroxyl groups is 1. The largest absolute Gasteiger partial charge is 0.469 e. The van der Waals surface area contributed by atoms with Crippen molar-refractivity contribution < 1.29 is 14.6 Å². The average molecular weight is 289 g/mol. The second kappa shape index (κ2) is 5.43. The lowest BCUT2D eigenvalue weighted by Gasteiger charge is -2.41. The molecule has 2 fully saturated rings. The molecule has 0 amide bonds. The van der Waals surface area contributed by atoms with E-state index in [2.05, 4.69) is 36.1 Å². The first-order valence-electron chi connectivity index (χ1n) is 7.57. The molecule has 114 valence electrons. The number of nitrogens with zero attached hydrogens (tertiary/aromatic N) is 1. The molecule has 2 heterocycles. The van der Waals surface area contributed by atoms with Gasteiger partial charge in [0.25, 0.3) is 0 Å². The molecule has 4 nitrogen and oxygen atoms in total. The van der Waals surface area contributed by atoms with Crippen molar-refractivity contribution >= 4 is 5.97 Å². The number of fused-ring (bicyclic) bond motifs is 2. The summed E-state index contributed by atoms with van der Waals surface area (Å²) >= 11 is 0. The molecule has 0 aromatic heterocycles. The van der Waals surface area contributed by atoms with E-state index in [1.807, 2.05) is 7.05 Å². The molecule has 4 heteroatoms. The topological polar surface area (TPSA) is 49.8 Å². The lowest BCUT2D eigenvalue weighted by molar-refractivity contribution is -0.150. The van der Waals surface area contributed by atoms with E-state index in [4.69, 9.17) is 4.74 Å². The number of likely N-dealkylation sites (N-methyl/N-ethyl adjacent to an activating group) is 1. The second-order valence-electron chi connectivity index (χ2n) is 6.41. The fraction of sp³-hybridized carbons (Fsp3) is 0.588. The van der Waals surface area contributed by atoms with E-state index in [-0.39, 0.29) is 36.0 Å². The van der Waals surface area contributed by atoms with Gasteiger partial charge in [0.05, 0.1) is 19.1 Å². The van der Waals surface area contributed by atoms with Crippen molar-refractivity contribution in [3.63, 3.8) is 0 Å². The van der Waals surface area contributed by atoms with E-state index in [1.165, 1.54) is 18.2 Å². The minimum Gasteiger partial charge on any atom is -0.469 e. The summed E-state index contributed by atoms with van der Waals surface area (Å²) in [5.41, 5.74) is 2.39. The first-order valence-corrected chi connectivity index (χ1v) is 7.57. The van der Waals surface area contributed by atoms with Gasteiger partial charge < -0.3 is 9.84 Å². The van der Waals surface area contributed by atoms with Crippen LogP contribution in [0, 0.1) is 12.8 Å². The lowest BCUT2D eigenvalue weighted by Crippen LogP contribution is -2.49. The zero-order chi connectivity index (χ0) is 15.1. The molecule has 2 aliphatic heterocycles. The minimum absolute atomic E-state index is 0.0671. The lowest BCUT2D eigenvalue weighted by atomic mass is 9.76. The van der Waals surface area contributed by atoms with Crippen molar-refractivity contribution in [2.24, 2.45) is 5.92 Å². The normalized spacial score (nSPS) is 35.7. The van der Waals surface area contributed by atoms with Gasteiger partial charge in [-0.3, -0.25) is 9.69 Å². The van der Waals surface area contributed by atoms with Crippen molar-refractivity contribution in [2.45, 2.75) is 43.9 Å². The Morgan fingerprint density at radius 3 is 2.52 bits per heavy atom. The maximum Gasteiger partial charge on any atom is 0.310 e.